The molecule has 1 unspecified atom stereocenters. The molecule has 0 N–H and O–H groups in total. The number of hydrogen-bond acceptors (Lipinski definition) is 5. The first kappa shape index (κ1) is 16.2. The summed E-state index contributed by atoms with van der Waals surface area (Å²) in [7, 11) is 0. The lowest BCUT2D eigenvalue weighted by Gasteiger charge is -2.24. The van der Waals surface area contributed by atoms with E-state index in [-0.39, 0.29) is 11.9 Å². The Balaban J connectivity index is 1.39. The first-order chi connectivity index (χ1) is 11.8. The van der Waals surface area contributed by atoms with Crippen molar-refractivity contribution in [3.63, 3.8) is 0 Å². The molecule has 2 aliphatic rings. The molecule has 1 amide bonds. The first-order valence-electron chi connectivity index (χ1n) is 8.06. The highest BCUT2D eigenvalue weighted by Gasteiger charge is 2.30. The van der Waals surface area contributed by atoms with Crippen LogP contribution in [0.25, 0.3) is 0 Å². The maximum atomic E-state index is 12.7. The first-order valence-corrected chi connectivity index (χ1v) is 10.9. The van der Waals surface area contributed by atoms with Crippen LogP contribution in [0.3, 0.4) is 0 Å². The van der Waals surface area contributed by atoms with Gasteiger partial charge >= 0.3 is 0 Å². The van der Waals surface area contributed by atoms with Gasteiger partial charge in [0.25, 0.3) is 0 Å². The predicted molar refractivity (Wildman–Crippen MR) is 105 cm³/mol. The summed E-state index contributed by atoms with van der Waals surface area (Å²) < 4.78 is 1.01. The molecule has 0 aliphatic carbocycles. The molecule has 0 spiro atoms. The van der Waals surface area contributed by atoms with Gasteiger partial charge in [-0.3, -0.25) is 4.79 Å². The molecule has 0 bridgehead atoms. The molecule has 1 saturated heterocycles. The minimum Gasteiger partial charge on any atom is -0.334 e. The summed E-state index contributed by atoms with van der Waals surface area (Å²) in [6.45, 7) is 0.879. The van der Waals surface area contributed by atoms with Crippen LogP contribution >= 0.6 is 34.9 Å². The second-order valence-corrected chi connectivity index (χ2v) is 9.01. The third-order valence-electron chi connectivity index (χ3n) is 4.32. The normalized spacial score (nSPS) is 19.9. The van der Waals surface area contributed by atoms with Crippen LogP contribution in [0.1, 0.15) is 29.3 Å². The van der Waals surface area contributed by atoms with Gasteiger partial charge in [0.1, 0.15) is 4.38 Å². The van der Waals surface area contributed by atoms with Crippen LogP contribution in [0.15, 0.2) is 46.8 Å². The SMILES string of the molecule is O=C(CSC1=Nc2ccccc2CS1)N1CCCC1c1cccs1. The molecule has 3 heterocycles. The van der Waals surface area contributed by atoms with Crippen molar-refractivity contribution < 1.29 is 4.79 Å². The largest absolute Gasteiger partial charge is 0.334 e. The second kappa shape index (κ2) is 7.33. The number of hydrogen-bond donors (Lipinski definition) is 0. The number of carbonyl (C=O) groups excluding carboxylic acids is 1. The summed E-state index contributed by atoms with van der Waals surface area (Å²) >= 11 is 5.06. The summed E-state index contributed by atoms with van der Waals surface area (Å²) in [5.41, 5.74) is 2.32. The average molecular weight is 375 g/mol. The van der Waals surface area contributed by atoms with Crippen molar-refractivity contribution in [1.82, 2.24) is 4.90 Å². The zero-order valence-electron chi connectivity index (χ0n) is 13.2. The van der Waals surface area contributed by atoms with Crippen molar-refractivity contribution in [3.05, 3.63) is 52.2 Å². The molecule has 1 aromatic heterocycles. The number of para-hydroxylation sites is 1. The van der Waals surface area contributed by atoms with Crippen LogP contribution < -0.4 is 0 Å². The van der Waals surface area contributed by atoms with Gasteiger partial charge in [0.05, 0.1) is 17.5 Å². The predicted octanol–water partition coefficient (Wildman–Crippen LogP) is 5.08. The molecule has 6 heteroatoms. The summed E-state index contributed by atoms with van der Waals surface area (Å²) in [6.07, 6.45) is 2.18. The smallest absolute Gasteiger partial charge is 0.233 e. The standard InChI is InChI=1S/C18H18N2OS3/c21-17(20-9-3-7-15(20)16-8-4-10-22-16)12-24-18-19-14-6-2-1-5-13(14)11-23-18/h1-2,4-6,8,10,15H,3,7,9,11-12H2. The van der Waals surface area contributed by atoms with Gasteiger partial charge in [-0.25, -0.2) is 4.99 Å². The van der Waals surface area contributed by atoms with Crippen molar-refractivity contribution in [1.29, 1.82) is 0 Å². The van der Waals surface area contributed by atoms with E-state index in [4.69, 9.17) is 0 Å². The van der Waals surface area contributed by atoms with Gasteiger partial charge in [-0.1, -0.05) is 47.8 Å². The molecule has 0 saturated carbocycles. The molecule has 24 heavy (non-hydrogen) atoms. The topological polar surface area (TPSA) is 32.7 Å². The van der Waals surface area contributed by atoms with Crippen LogP contribution in [-0.2, 0) is 10.5 Å². The van der Waals surface area contributed by atoms with Gasteiger partial charge in [0, 0.05) is 17.2 Å². The lowest BCUT2D eigenvalue weighted by molar-refractivity contribution is -0.129. The van der Waals surface area contributed by atoms with E-state index in [9.17, 15) is 4.79 Å². The fourth-order valence-corrected chi connectivity index (χ4v) is 5.96. The van der Waals surface area contributed by atoms with Crippen LogP contribution in [0, 0.1) is 0 Å². The minimum absolute atomic E-state index is 0.234. The summed E-state index contributed by atoms with van der Waals surface area (Å²) in [6, 6.07) is 12.7. The Morgan fingerprint density at radius 2 is 2.21 bits per heavy atom. The van der Waals surface area contributed by atoms with Gasteiger partial charge in [0.2, 0.25) is 5.91 Å². The van der Waals surface area contributed by atoms with Crippen LogP contribution in [0.4, 0.5) is 5.69 Å². The third kappa shape index (κ3) is 3.41. The molecule has 1 aromatic carbocycles. The third-order valence-corrected chi connectivity index (χ3v) is 7.52. The van der Waals surface area contributed by atoms with E-state index in [1.165, 1.54) is 10.4 Å². The highest BCUT2D eigenvalue weighted by atomic mass is 32.2. The number of rotatable bonds is 3. The highest BCUT2D eigenvalue weighted by molar-refractivity contribution is 8.38. The fraction of sp³-hybridized carbons (Fsp3) is 0.333. The number of aliphatic imine (C=N–C) groups is 1. The molecule has 1 atom stereocenters. The maximum absolute atomic E-state index is 12.7. The molecule has 2 aromatic rings. The number of amides is 1. The Hall–Kier alpha value is -1.24. The monoisotopic (exact) mass is 374 g/mol. The number of nitrogens with zero attached hydrogens (tertiary/aromatic N) is 2. The van der Waals surface area contributed by atoms with E-state index >= 15 is 0 Å². The van der Waals surface area contributed by atoms with Gasteiger partial charge in [0.15, 0.2) is 0 Å². The molecule has 124 valence electrons. The molecule has 3 nitrogen and oxygen atoms in total. The van der Waals surface area contributed by atoms with Gasteiger partial charge < -0.3 is 4.90 Å². The number of benzene rings is 1. The maximum Gasteiger partial charge on any atom is 0.233 e. The fourth-order valence-electron chi connectivity index (χ4n) is 3.13. The Kier molecular flexibility index (Phi) is 4.96. The molecule has 4 rings (SSSR count). The molecule has 0 radical (unpaired) electrons. The summed E-state index contributed by atoms with van der Waals surface area (Å²) in [4.78, 5) is 20.7. The number of fused-ring (bicyclic) bond motifs is 1. The molecule has 1 fully saturated rings. The van der Waals surface area contributed by atoms with E-state index in [2.05, 4.69) is 39.5 Å². The molecular weight excluding hydrogens is 356 g/mol. The zero-order valence-corrected chi connectivity index (χ0v) is 15.6. The van der Waals surface area contributed by atoms with Gasteiger partial charge in [-0.2, -0.15) is 0 Å². The summed E-state index contributed by atoms with van der Waals surface area (Å²) in [5.74, 6) is 1.66. The highest BCUT2D eigenvalue weighted by Crippen LogP contribution is 2.37. The van der Waals surface area contributed by atoms with Gasteiger partial charge in [-0.15, -0.1) is 11.3 Å². The minimum atomic E-state index is 0.234. The Bertz CT molecular complexity index is 757. The van der Waals surface area contributed by atoms with Crippen molar-refractivity contribution in [3.8, 4) is 0 Å². The van der Waals surface area contributed by atoms with Crippen molar-refractivity contribution in [2.45, 2.75) is 24.6 Å². The summed E-state index contributed by atoms with van der Waals surface area (Å²) in [5, 5.41) is 2.09. The van der Waals surface area contributed by atoms with Crippen LogP contribution in [0.2, 0.25) is 0 Å². The van der Waals surface area contributed by atoms with E-state index in [1.54, 1.807) is 34.9 Å². The quantitative estimate of drug-likeness (QED) is 0.751. The van der Waals surface area contributed by atoms with E-state index < -0.39 is 0 Å². The van der Waals surface area contributed by atoms with Crippen molar-refractivity contribution in [2.24, 2.45) is 4.99 Å². The Labute approximate surface area is 154 Å². The van der Waals surface area contributed by atoms with Crippen molar-refractivity contribution >= 4 is 50.8 Å². The van der Waals surface area contributed by atoms with Crippen molar-refractivity contribution in [2.75, 3.05) is 12.3 Å². The molecular formula is C18H18N2OS3. The van der Waals surface area contributed by atoms with E-state index in [1.807, 2.05) is 12.1 Å². The Morgan fingerprint density at radius 1 is 1.29 bits per heavy atom. The lowest BCUT2D eigenvalue weighted by atomic mass is 10.2. The number of likely N-dealkylation sites (tertiary alicyclic amines) is 1. The second-order valence-electron chi connectivity index (χ2n) is 5.84. The number of thioether (sulfide) groups is 2. The van der Waals surface area contributed by atoms with E-state index in [0.29, 0.717) is 5.75 Å². The number of carbonyl (C=O) groups is 1. The van der Waals surface area contributed by atoms with E-state index in [0.717, 1.165) is 35.2 Å². The van der Waals surface area contributed by atoms with Crippen LogP contribution in [-0.4, -0.2) is 27.5 Å². The average Bonchev–Trinajstić information content (AvgIpc) is 3.30. The molecule has 2 aliphatic heterocycles. The zero-order chi connectivity index (χ0) is 16.4. The number of thiophene rings is 1. The lowest BCUT2D eigenvalue weighted by Crippen LogP contribution is -2.31. The van der Waals surface area contributed by atoms with Gasteiger partial charge in [-0.05, 0) is 35.9 Å². The Morgan fingerprint density at radius 3 is 3.08 bits per heavy atom. The van der Waals surface area contributed by atoms with Crippen LogP contribution in [0.5, 0.6) is 0 Å².